The number of amides is 1. The van der Waals surface area contributed by atoms with Crippen LogP contribution in [0.4, 0.5) is 17.6 Å². The second-order valence-electron chi connectivity index (χ2n) is 7.68. The molecule has 2 N–H and O–H groups in total. The Morgan fingerprint density at radius 2 is 1.64 bits per heavy atom. The van der Waals surface area contributed by atoms with Crippen LogP contribution in [0.5, 0.6) is 0 Å². The molecule has 0 spiro atoms. The van der Waals surface area contributed by atoms with Crippen molar-refractivity contribution >= 4 is 23.9 Å². The number of nitrogens with one attached hydrogen (secondary N) is 1. The number of hydrogen-bond acceptors (Lipinski definition) is 4. The number of nitrogens with zero attached hydrogens (tertiary/aromatic N) is 2. The van der Waals surface area contributed by atoms with Crippen molar-refractivity contribution in [3.8, 4) is 22.6 Å². The average molecular weight is 503 g/mol. The summed E-state index contributed by atoms with van der Waals surface area (Å²) in [5.74, 6) is -5.52. The highest BCUT2D eigenvalue weighted by Crippen LogP contribution is 2.33. The minimum absolute atomic E-state index is 0.0658. The number of unbranched alkanes of at least 4 members (excludes halogenated alkanes) is 1. The largest absolute Gasteiger partial charge is 0.478 e. The molecule has 0 saturated carbocycles. The number of benzene rings is 2. The first-order valence-corrected chi connectivity index (χ1v) is 10.8. The first-order valence-electron chi connectivity index (χ1n) is 10.8. The van der Waals surface area contributed by atoms with Gasteiger partial charge in [0.25, 0.3) is 5.91 Å². The zero-order valence-corrected chi connectivity index (χ0v) is 19.0. The SMILES string of the molecule is CCCCNC(=O)c1c(-c2ccc(F)cc2)nc(-c2ccc(C=CC(=O)O)cc2)n1C(=O)C(F)(F)F. The fourth-order valence-corrected chi connectivity index (χ4v) is 3.33. The van der Waals surface area contributed by atoms with Crippen molar-refractivity contribution in [1.29, 1.82) is 0 Å². The summed E-state index contributed by atoms with van der Waals surface area (Å²) < 4.78 is 54.6. The Morgan fingerprint density at radius 1 is 1.03 bits per heavy atom. The van der Waals surface area contributed by atoms with Gasteiger partial charge in [0.05, 0.1) is 0 Å². The predicted molar refractivity (Wildman–Crippen MR) is 124 cm³/mol. The lowest BCUT2D eigenvalue weighted by Crippen LogP contribution is -2.35. The Morgan fingerprint density at radius 3 is 2.19 bits per heavy atom. The van der Waals surface area contributed by atoms with Crippen LogP contribution in [0.1, 0.15) is 40.6 Å². The van der Waals surface area contributed by atoms with E-state index in [-0.39, 0.29) is 27.9 Å². The van der Waals surface area contributed by atoms with E-state index in [9.17, 15) is 31.9 Å². The van der Waals surface area contributed by atoms with Gasteiger partial charge in [0.15, 0.2) is 0 Å². The molecule has 0 atom stereocenters. The molecule has 0 bridgehead atoms. The summed E-state index contributed by atoms with van der Waals surface area (Å²) in [5.41, 5.74) is -0.238. The first kappa shape index (κ1) is 26.3. The molecule has 0 unspecified atom stereocenters. The van der Waals surface area contributed by atoms with E-state index in [2.05, 4.69) is 10.3 Å². The van der Waals surface area contributed by atoms with Crippen LogP contribution in [-0.2, 0) is 4.79 Å². The van der Waals surface area contributed by atoms with E-state index in [0.717, 1.165) is 18.2 Å². The van der Waals surface area contributed by atoms with Crippen molar-refractivity contribution in [3.63, 3.8) is 0 Å². The van der Waals surface area contributed by atoms with E-state index in [1.54, 1.807) is 0 Å². The van der Waals surface area contributed by atoms with Gasteiger partial charge < -0.3 is 10.4 Å². The van der Waals surface area contributed by atoms with Gasteiger partial charge in [-0.3, -0.25) is 9.59 Å². The van der Waals surface area contributed by atoms with Gasteiger partial charge in [-0.1, -0.05) is 37.6 Å². The van der Waals surface area contributed by atoms with Crippen molar-refractivity contribution in [2.24, 2.45) is 0 Å². The summed E-state index contributed by atoms with van der Waals surface area (Å²) in [6.07, 6.45) is -1.92. The molecule has 3 rings (SSSR count). The third-order valence-electron chi connectivity index (χ3n) is 5.06. The monoisotopic (exact) mass is 503 g/mol. The van der Waals surface area contributed by atoms with Crippen LogP contribution in [0.25, 0.3) is 28.7 Å². The molecule has 188 valence electrons. The number of aliphatic carboxylic acids is 1. The zero-order valence-electron chi connectivity index (χ0n) is 19.0. The maximum Gasteiger partial charge on any atom is 0.472 e. The molecule has 3 aromatic rings. The van der Waals surface area contributed by atoms with Crippen LogP contribution in [0, 0.1) is 5.82 Å². The zero-order chi connectivity index (χ0) is 26.5. The summed E-state index contributed by atoms with van der Waals surface area (Å²) in [5, 5.41) is 11.3. The molecule has 7 nitrogen and oxygen atoms in total. The Hall–Kier alpha value is -4.28. The quantitative estimate of drug-likeness (QED) is 0.250. The highest BCUT2D eigenvalue weighted by molar-refractivity contribution is 6.05. The van der Waals surface area contributed by atoms with E-state index in [1.807, 2.05) is 6.92 Å². The smallest absolute Gasteiger partial charge is 0.472 e. The maximum absolute atomic E-state index is 13.6. The lowest BCUT2D eigenvalue weighted by Gasteiger charge is -2.13. The van der Waals surface area contributed by atoms with Crippen LogP contribution in [0.15, 0.2) is 54.6 Å². The molecule has 1 amide bonds. The third kappa shape index (κ3) is 6.04. The van der Waals surface area contributed by atoms with Gasteiger partial charge in [0, 0.05) is 23.7 Å². The molecule has 0 saturated heterocycles. The van der Waals surface area contributed by atoms with E-state index < -0.39 is 41.3 Å². The van der Waals surface area contributed by atoms with Crippen LogP contribution in [0.3, 0.4) is 0 Å². The molecule has 1 aromatic heterocycles. The number of carboxylic acid groups (broad SMARTS) is 1. The lowest BCUT2D eigenvalue weighted by molar-refractivity contribution is -0.131. The molecule has 0 radical (unpaired) electrons. The molecular weight excluding hydrogens is 482 g/mol. The van der Waals surface area contributed by atoms with Crippen molar-refractivity contribution in [1.82, 2.24) is 14.9 Å². The molecule has 0 aliphatic heterocycles. The van der Waals surface area contributed by atoms with Crippen molar-refractivity contribution in [2.75, 3.05) is 6.54 Å². The Labute approximate surface area is 203 Å². The summed E-state index contributed by atoms with van der Waals surface area (Å²) >= 11 is 0. The molecule has 1 heterocycles. The molecule has 11 heteroatoms. The number of rotatable bonds is 8. The van der Waals surface area contributed by atoms with Gasteiger partial charge in [0.2, 0.25) is 0 Å². The van der Waals surface area contributed by atoms with Gasteiger partial charge in [-0.15, -0.1) is 0 Å². The van der Waals surface area contributed by atoms with Crippen LogP contribution < -0.4 is 5.32 Å². The van der Waals surface area contributed by atoms with Gasteiger partial charge in [-0.25, -0.2) is 18.7 Å². The number of carbonyl (C=O) groups excluding carboxylic acids is 2. The number of carbonyl (C=O) groups is 3. The summed E-state index contributed by atoms with van der Waals surface area (Å²) in [4.78, 5) is 40.5. The summed E-state index contributed by atoms with van der Waals surface area (Å²) in [6, 6.07) is 10.1. The standard InChI is InChI=1S/C25H21F4N3O4/c1-2-3-14-30-23(35)21-20(16-9-11-18(26)12-10-16)31-22(32(21)24(36)25(27,28)29)17-7-4-15(5-8-17)6-13-19(33)34/h4-13H,2-3,14H2,1H3,(H,30,35)(H,33,34). The van der Waals surface area contributed by atoms with E-state index >= 15 is 0 Å². The van der Waals surface area contributed by atoms with Crippen molar-refractivity contribution in [2.45, 2.75) is 25.9 Å². The topological polar surface area (TPSA) is 101 Å². The van der Waals surface area contributed by atoms with Crippen LogP contribution in [0.2, 0.25) is 0 Å². The minimum atomic E-state index is -5.34. The van der Waals surface area contributed by atoms with Gasteiger partial charge in [0.1, 0.15) is 23.0 Å². The lowest BCUT2D eigenvalue weighted by atomic mass is 10.1. The summed E-state index contributed by atoms with van der Waals surface area (Å²) in [7, 11) is 0. The molecular formula is C25H21F4N3O4. The number of imidazole rings is 1. The fraction of sp³-hybridized carbons (Fsp3) is 0.200. The van der Waals surface area contributed by atoms with Gasteiger partial charge in [-0.05, 0) is 42.3 Å². The van der Waals surface area contributed by atoms with Crippen molar-refractivity contribution in [3.05, 3.63) is 71.7 Å². The molecule has 0 aliphatic rings. The number of carboxylic acids is 1. The van der Waals surface area contributed by atoms with E-state index in [1.165, 1.54) is 42.5 Å². The predicted octanol–water partition coefficient (Wildman–Crippen LogP) is 5.19. The van der Waals surface area contributed by atoms with Gasteiger partial charge in [-0.2, -0.15) is 13.2 Å². The van der Waals surface area contributed by atoms with Gasteiger partial charge >= 0.3 is 18.1 Å². The average Bonchev–Trinajstić information content (AvgIpc) is 3.23. The normalized spacial score (nSPS) is 11.6. The minimum Gasteiger partial charge on any atom is -0.478 e. The second kappa shape index (κ2) is 11.0. The summed E-state index contributed by atoms with van der Waals surface area (Å²) in [6.45, 7) is 2.02. The van der Waals surface area contributed by atoms with Crippen LogP contribution >= 0.6 is 0 Å². The van der Waals surface area contributed by atoms with E-state index in [4.69, 9.17) is 5.11 Å². The Bertz CT molecular complexity index is 1290. The highest BCUT2D eigenvalue weighted by Gasteiger charge is 2.44. The fourth-order valence-electron chi connectivity index (χ4n) is 3.33. The molecule has 36 heavy (non-hydrogen) atoms. The third-order valence-corrected chi connectivity index (χ3v) is 5.06. The number of hydrogen-bond donors (Lipinski definition) is 2. The first-order chi connectivity index (χ1) is 17.0. The Kier molecular flexibility index (Phi) is 8.03. The molecule has 0 fully saturated rings. The van der Waals surface area contributed by atoms with E-state index in [0.29, 0.717) is 18.4 Å². The second-order valence-corrected chi connectivity index (χ2v) is 7.68. The molecule has 0 aliphatic carbocycles. The number of halogens is 4. The Balaban J connectivity index is 2.25. The van der Waals surface area contributed by atoms with Crippen molar-refractivity contribution < 1.29 is 37.1 Å². The highest BCUT2D eigenvalue weighted by atomic mass is 19.4. The number of aromatic nitrogens is 2. The van der Waals surface area contributed by atoms with Crippen LogP contribution in [-0.4, -0.2) is 45.2 Å². The molecule has 2 aromatic carbocycles. The maximum atomic E-state index is 13.6. The number of alkyl halides is 3.